The zero-order chi connectivity index (χ0) is 19.7. The Morgan fingerprint density at radius 3 is 2.48 bits per heavy atom. The van der Waals surface area contributed by atoms with Crippen LogP contribution >= 0.6 is 0 Å². The summed E-state index contributed by atoms with van der Waals surface area (Å²) < 4.78 is 7.19. The third-order valence-corrected chi connectivity index (χ3v) is 6.20. The van der Waals surface area contributed by atoms with E-state index in [4.69, 9.17) is 4.74 Å². The number of methoxy groups -OCH3 is 1. The number of ether oxygens (including phenoxy) is 1. The van der Waals surface area contributed by atoms with Crippen molar-refractivity contribution in [3.05, 3.63) is 18.2 Å². The predicted molar refractivity (Wildman–Crippen MR) is 100 cm³/mol. The van der Waals surface area contributed by atoms with Crippen molar-refractivity contribution in [3.8, 4) is 0 Å². The largest absolute Gasteiger partial charge is 0.480 e. The first-order chi connectivity index (χ1) is 12.8. The molecule has 1 aliphatic heterocycles. The molecule has 2 fully saturated rings. The molecule has 7 heteroatoms. The molecule has 7 nitrogen and oxygen atoms in total. The Morgan fingerprint density at radius 1 is 1.26 bits per heavy atom. The number of amides is 1. The average Bonchev–Trinajstić information content (AvgIpc) is 2.90. The Labute approximate surface area is 160 Å². The molecule has 1 saturated carbocycles. The van der Waals surface area contributed by atoms with Crippen molar-refractivity contribution in [1.29, 1.82) is 0 Å². The van der Waals surface area contributed by atoms with Crippen molar-refractivity contribution >= 4 is 11.9 Å². The molecule has 1 aliphatic carbocycles. The Kier molecular flexibility index (Phi) is 5.60. The minimum absolute atomic E-state index is 0.143. The Morgan fingerprint density at radius 2 is 1.93 bits per heavy atom. The number of hydrogen-bond acceptors (Lipinski definition) is 4. The first kappa shape index (κ1) is 19.9. The first-order valence-corrected chi connectivity index (χ1v) is 9.88. The monoisotopic (exact) mass is 377 g/mol. The molecule has 27 heavy (non-hydrogen) atoms. The molecule has 1 atom stereocenters. The summed E-state index contributed by atoms with van der Waals surface area (Å²) in [6, 6.07) is -0.212. The van der Waals surface area contributed by atoms with E-state index < -0.39 is 11.4 Å². The van der Waals surface area contributed by atoms with Crippen LogP contribution in [0.2, 0.25) is 0 Å². The fourth-order valence-electron chi connectivity index (χ4n) is 4.68. The van der Waals surface area contributed by atoms with Crippen molar-refractivity contribution in [3.63, 3.8) is 0 Å². The lowest BCUT2D eigenvalue weighted by molar-refractivity contribution is -0.175. The van der Waals surface area contributed by atoms with Crippen LogP contribution in [-0.2, 0) is 20.9 Å². The maximum atomic E-state index is 13.5. The van der Waals surface area contributed by atoms with Crippen LogP contribution in [0.1, 0.15) is 64.2 Å². The summed E-state index contributed by atoms with van der Waals surface area (Å²) in [6.45, 7) is 5.99. The highest BCUT2D eigenvalue weighted by atomic mass is 16.5. The predicted octanol–water partition coefficient (Wildman–Crippen LogP) is 2.86. The van der Waals surface area contributed by atoms with Crippen molar-refractivity contribution < 1.29 is 19.4 Å². The number of carbonyl (C=O) groups is 2. The van der Waals surface area contributed by atoms with Crippen LogP contribution in [0, 0.1) is 10.8 Å². The third kappa shape index (κ3) is 3.49. The highest BCUT2D eigenvalue weighted by Gasteiger charge is 2.57. The van der Waals surface area contributed by atoms with Gasteiger partial charge in [-0.1, -0.05) is 39.5 Å². The Hall–Kier alpha value is -1.89. The summed E-state index contributed by atoms with van der Waals surface area (Å²) in [5.74, 6) is -0.395. The van der Waals surface area contributed by atoms with Gasteiger partial charge < -0.3 is 19.3 Å². The molecule has 0 aromatic carbocycles. The molecule has 0 spiro atoms. The summed E-state index contributed by atoms with van der Waals surface area (Å²) in [5.41, 5.74) is -1.43. The van der Waals surface area contributed by atoms with Gasteiger partial charge in [0.05, 0.1) is 12.6 Å². The van der Waals surface area contributed by atoms with Crippen molar-refractivity contribution in [2.24, 2.45) is 10.8 Å². The fourth-order valence-corrected chi connectivity index (χ4v) is 4.68. The molecule has 1 unspecified atom stereocenters. The number of aliphatic carboxylic acids is 1. The van der Waals surface area contributed by atoms with Crippen molar-refractivity contribution in [2.75, 3.05) is 20.3 Å². The summed E-state index contributed by atoms with van der Waals surface area (Å²) in [4.78, 5) is 32.0. The number of aromatic nitrogens is 2. The van der Waals surface area contributed by atoms with Gasteiger partial charge in [-0.2, -0.15) is 0 Å². The molecule has 2 heterocycles. The van der Waals surface area contributed by atoms with Gasteiger partial charge in [0.1, 0.15) is 11.2 Å². The second-order valence-electron chi connectivity index (χ2n) is 8.60. The fraction of sp³-hybridized carbons (Fsp3) is 0.750. The molecule has 0 radical (unpaired) electrons. The van der Waals surface area contributed by atoms with Gasteiger partial charge in [-0.3, -0.25) is 9.59 Å². The highest BCUT2D eigenvalue weighted by Crippen LogP contribution is 2.51. The number of likely N-dealkylation sites (tertiary alicyclic amines) is 1. The number of rotatable bonds is 6. The lowest BCUT2D eigenvalue weighted by Gasteiger charge is -2.55. The van der Waals surface area contributed by atoms with Crippen LogP contribution < -0.4 is 0 Å². The van der Waals surface area contributed by atoms with Gasteiger partial charge >= 0.3 is 5.97 Å². The lowest BCUT2D eigenvalue weighted by Crippen LogP contribution is -2.63. The van der Waals surface area contributed by atoms with Gasteiger partial charge in [-0.15, -0.1) is 0 Å². The summed E-state index contributed by atoms with van der Waals surface area (Å²) in [7, 11) is 1.66. The molecule has 150 valence electrons. The Bertz CT molecular complexity index is 689. The molecule has 1 saturated heterocycles. The number of carbonyl (C=O) groups excluding carboxylic acids is 1. The molecule has 3 rings (SSSR count). The van der Waals surface area contributed by atoms with Gasteiger partial charge in [0.25, 0.3) is 0 Å². The third-order valence-electron chi connectivity index (χ3n) is 6.20. The van der Waals surface area contributed by atoms with E-state index in [0.717, 1.165) is 31.5 Å². The molecule has 0 bridgehead atoms. The number of nitrogens with zero attached hydrogens (tertiary/aromatic N) is 3. The van der Waals surface area contributed by atoms with E-state index >= 15 is 0 Å². The zero-order valence-electron chi connectivity index (χ0n) is 16.6. The molecular formula is C20H31N3O4. The van der Waals surface area contributed by atoms with Crippen LogP contribution in [0.5, 0.6) is 0 Å². The van der Waals surface area contributed by atoms with E-state index in [1.165, 1.54) is 0 Å². The van der Waals surface area contributed by atoms with Gasteiger partial charge in [-0.25, -0.2) is 4.98 Å². The zero-order valence-corrected chi connectivity index (χ0v) is 16.6. The van der Waals surface area contributed by atoms with E-state index in [0.29, 0.717) is 32.5 Å². The standard InChI is InChI=1S/C20H31N3O4/c1-19(2)14-23(15(19)16-21-10-11-22(16)12-13-27-3)17(24)20(18(25)26)8-6-4-5-7-9-20/h10-11,15H,4-9,12-14H2,1-3H3,(H,25,26). The summed E-state index contributed by atoms with van der Waals surface area (Å²) in [5, 5.41) is 9.99. The van der Waals surface area contributed by atoms with Crippen LogP contribution in [0.25, 0.3) is 0 Å². The second kappa shape index (κ2) is 7.62. The van der Waals surface area contributed by atoms with Gasteiger partial charge in [0.2, 0.25) is 5.91 Å². The van der Waals surface area contributed by atoms with Crippen LogP contribution in [-0.4, -0.2) is 51.7 Å². The molecule has 2 aliphatic rings. The lowest BCUT2D eigenvalue weighted by atomic mass is 9.70. The average molecular weight is 377 g/mol. The number of imidazole rings is 1. The number of hydrogen-bond donors (Lipinski definition) is 1. The van der Waals surface area contributed by atoms with Gasteiger partial charge in [0.15, 0.2) is 0 Å². The first-order valence-electron chi connectivity index (χ1n) is 9.88. The van der Waals surface area contributed by atoms with Crippen molar-refractivity contribution in [2.45, 2.75) is 65.0 Å². The topological polar surface area (TPSA) is 84.7 Å². The van der Waals surface area contributed by atoms with Gasteiger partial charge in [0, 0.05) is 38.0 Å². The quantitative estimate of drug-likeness (QED) is 0.609. The molecular weight excluding hydrogens is 346 g/mol. The minimum atomic E-state index is -1.28. The molecule has 1 aromatic rings. The molecule has 1 amide bonds. The van der Waals surface area contributed by atoms with Crippen LogP contribution in [0.15, 0.2) is 12.4 Å². The number of carboxylic acids is 1. The van der Waals surface area contributed by atoms with E-state index in [9.17, 15) is 14.7 Å². The van der Waals surface area contributed by atoms with Crippen molar-refractivity contribution in [1.82, 2.24) is 14.5 Å². The normalized spacial score (nSPS) is 24.1. The minimum Gasteiger partial charge on any atom is -0.480 e. The maximum absolute atomic E-state index is 13.5. The van der Waals surface area contributed by atoms with E-state index in [-0.39, 0.29) is 17.4 Å². The molecule has 1 aromatic heterocycles. The van der Waals surface area contributed by atoms with E-state index in [1.807, 2.05) is 10.8 Å². The smallest absolute Gasteiger partial charge is 0.319 e. The Balaban J connectivity index is 1.90. The van der Waals surface area contributed by atoms with Gasteiger partial charge in [-0.05, 0) is 12.8 Å². The summed E-state index contributed by atoms with van der Waals surface area (Å²) >= 11 is 0. The summed E-state index contributed by atoms with van der Waals surface area (Å²) in [6.07, 6.45) is 8.08. The SMILES string of the molecule is COCCn1ccnc1C1N(C(=O)C2(C(=O)O)CCCCCC2)CC1(C)C. The number of carboxylic acid groups (broad SMARTS) is 1. The van der Waals surface area contributed by atoms with E-state index in [2.05, 4.69) is 18.8 Å². The van der Waals surface area contributed by atoms with Crippen LogP contribution in [0.3, 0.4) is 0 Å². The second-order valence-corrected chi connectivity index (χ2v) is 8.60. The highest BCUT2D eigenvalue weighted by molar-refractivity contribution is 6.02. The van der Waals surface area contributed by atoms with Crippen LogP contribution in [0.4, 0.5) is 0 Å². The van der Waals surface area contributed by atoms with E-state index in [1.54, 1.807) is 18.2 Å². The molecule has 1 N–H and O–H groups in total. The maximum Gasteiger partial charge on any atom is 0.319 e.